The molecule has 0 aliphatic heterocycles. The first kappa shape index (κ1) is 13.8. The number of halogens is 1. The third-order valence-corrected chi connectivity index (χ3v) is 4.71. The molecule has 0 spiro atoms. The van der Waals surface area contributed by atoms with Crippen LogP contribution in [0, 0.1) is 11.3 Å². The number of rotatable bonds is 5. The summed E-state index contributed by atoms with van der Waals surface area (Å²) in [6.07, 6.45) is 2.63. The van der Waals surface area contributed by atoms with Crippen LogP contribution in [0.25, 0.3) is 0 Å². The zero-order valence-corrected chi connectivity index (χ0v) is 13.2. The molecular formula is C14H19BrN2S. The third kappa shape index (κ3) is 2.86. The molecule has 98 valence electrons. The van der Waals surface area contributed by atoms with E-state index in [0.717, 1.165) is 22.3 Å². The molecule has 1 saturated carbocycles. The van der Waals surface area contributed by atoms with Gasteiger partial charge in [0.25, 0.3) is 0 Å². The number of nitrogens with two attached hydrogens (primary N) is 1. The zero-order chi connectivity index (χ0) is 13.3. The highest BCUT2D eigenvalue weighted by Gasteiger charge is 2.44. The molecule has 0 amide bonds. The van der Waals surface area contributed by atoms with Gasteiger partial charge in [-0.15, -0.1) is 0 Å². The summed E-state index contributed by atoms with van der Waals surface area (Å²) in [5, 5.41) is 3.52. The molecule has 1 aliphatic carbocycles. The number of thiocarbonyl (C=S) groups is 1. The van der Waals surface area contributed by atoms with Crippen molar-refractivity contribution in [1.82, 2.24) is 0 Å². The maximum atomic E-state index is 5.77. The fraction of sp³-hybridized carbons (Fsp3) is 0.500. The Hall–Kier alpha value is -0.610. The highest BCUT2D eigenvalue weighted by atomic mass is 79.9. The number of hydrogen-bond acceptors (Lipinski definition) is 2. The number of anilines is 1. The Kier molecular flexibility index (Phi) is 3.97. The van der Waals surface area contributed by atoms with E-state index in [1.165, 1.54) is 12.8 Å². The van der Waals surface area contributed by atoms with Gasteiger partial charge in [-0.05, 0) is 42.4 Å². The van der Waals surface area contributed by atoms with Crippen LogP contribution in [-0.4, -0.2) is 11.5 Å². The summed E-state index contributed by atoms with van der Waals surface area (Å²) < 4.78 is 1.00. The van der Waals surface area contributed by atoms with Crippen LogP contribution in [0.3, 0.4) is 0 Å². The van der Waals surface area contributed by atoms with Crippen LogP contribution in [0.15, 0.2) is 22.7 Å². The van der Waals surface area contributed by atoms with Gasteiger partial charge in [0.2, 0.25) is 0 Å². The summed E-state index contributed by atoms with van der Waals surface area (Å²) in [7, 11) is 0. The lowest BCUT2D eigenvalue weighted by molar-refractivity contribution is 0.380. The van der Waals surface area contributed by atoms with Crippen molar-refractivity contribution in [2.24, 2.45) is 17.1 Å². The van der Waals surface area contributed by atoms with Crippen molar-refractivity contribution in [2.45, 2.75) is 26.7 Å². The van der Waals surface area contributed by atoms with Gasteiger partial charge in [-0.1, -0.05) is 42.0 Å². The molecule has 0 unspecified atom stereocenters. The van der Waals surface area contributed by atoms with E-state index in [2.05, 4.69) is 35.1 Å². The van der Waals surface area contributed by atoms with Crippen LogP contribution < -0.4 is 11.1 Å². The van der Waals surface area contributed by atoms with Crippen LogP contribution >= 0.6 is 28.1 Å². The van der Waals surface area contributed by atoms with Crippen LogP contribution in [0.4, 0.5) is 5.69 Å². The molecule has 3 N–H and O–H groups in total. The molecule has 4 heteroatoms. The molecule has 0 heterocycles. The molecule has 0 radical (unpaired) electrons. The Labute approximate surface area is 122 Å². The first-order valence-corrected chi connectivity index (χ1v) is 7.48. The second-order valence-corrected chi connectivity index (χ2v) is 6.78. The first-order valence-electron chi connectivity index (χ1n) is 6.28. The van der Waals surface area contributed by atoms with Gasteiger partial charge in [0.1, 0.15) is 4.99 Å². The third-order valence-electron chi connectivity index (χ3n) is 3.99. The summed E-state index contributed by atoms with van der Waals surface area (Å²) in [6.45, 7) is 5.59. The van der Waals surface area contributed by atoms with E-state index in [4.69, 9.17) is 18.0 Å². The molecule has 1 aromatic rings. The fourth-order valence-corrected chi connectivity index (χ4v) is 2.79. The van der Waals surface area contributed by atoms with Gasteiger partial charge in [-0.25, -0.2) is 0 Å². The summed E-state index contributed by atoms with van der Waals surface area (Å²) in [5.41, 5.74) is 8.20. The second kappa shape index (κ2) is 5.17. The zero-order valence-electron chi connectivity index (χ0n) is 10.8. The standard InChI is InChI=1S/C14H19BrN2S/c1-9(2)14(5-6-14)8-17-12-4-3-10(15)7-11(12)13(16)18/h3-4,7,9,17H,5-6,8H2,1-2H3,(H2,16,18). The van der Waals surface area contributed by atoms with Crippen LogP contribution in [0.5, 0.6) is 0 Å². The maximum absolute atomic E-state index is 5.77. The fourth-order valence-electron chi connectivity index (χ4n) is 2.26. The summed E-state index contributed by atoms with van der Waals surface area (Å²) in [5.74, 6) is 0.716. The van der Waals surface area contributed by atoms with Crippen LogP contribution in [0.1, 0.15) is 32.3 Å². The van der Waals surface area contributed by atoms with Gasteiger partial charge in [-0.3, -0.25) is 0 Å². The lowest BCUT2D eigenvalue weighted by Crippen LogP contribution is -2.22. The number of benzene rings is 1. The van der Waals surface area contributed by atoms with E-state index in [-0.39, 0.29) is 0 Å². The number of nitrogens with one attached hydrogen (secondary N) is 1. The lowest BCUT2D eigenvalue weighted by atomic mass is 9.92. The predicted octanol–water partition coefficient (Wildman–Crippen LogP) is 3.93. The van der Waals surface area contributed by atoms with E-state index in [9.17, 15) is 0 Å². The normalized spacial score (nSPS) is 16.7. The Morgan fingerprint density at radius 3 is 2.67 bits per heavy atom. The van der Waals surface area contributed by atoms with Crippen LogP contribution in [-0.2, 0) is 0 Å². The molecule has 0 bridgehead atoms. The minimum Gasteiger partial charge on any atom is -0.389 e. The molecule has 1 aromatic carbocycles. The highest BCUT2D eigenvalue weighted by molar-refractivity contribution is 9.10. The van der Waals surface area contributed by atoms with Crippen molar-refractivity contribution in [3.63, 3.8) is 0 Å². The van der Waals surface area contributed by atoms with Crippen molar-refractivity contribution in [3.05, 3.63) is 28.2 Å². The smallest absolute Gasteiger partial charge is 0.106 e. The topological polar surface area (TPSA) is 38.0 Å². The van der Waals surface area contributed by atoms with Crippen molar-refractivity contribution in [3.8, 4) is 0 Å². The highest BCUT2D eigenvalue weighted by Crippen LogP contribution is 2.51. The largest absolute Gasteiger partial charge is 0.389 e. The molecule has 1 fully saturated rings. The average Bonchev–Trinajstić information content (AvgIpc) is 3.08. The predicted molar refractivity (Wildman–Crippen MR) is 85.0 cm³/mol. The number of hydrogen-bond donors (Lipinski definition) is 2. The average molecular weight is 327 g/mol. The molecular weight excluding hydrogens is 308 g/mol. The minimum absolute atomic E-state index is 0.438. The summed E-state index contributed by atoms with van der Waals surface area (Å²) in [4.78, 5) is 0.438. The van der Waals surface area contributed by atoms with Crippen molar-refractivity contribution < 1.29 is 0 Å². The van der Waals surface area contributed by atoms with Crippen molar-refractivity contribution in [1.29, 1.82) is 0 Å². The molecule has 2 rings (SSSR count). The Bertz CT molecular complexity index is 467. The quantitative estimate of drug-likeness (QED) is 0.805. The van der Waals surface area contributed by atoms with E-state index < -0.39 is 0 Å². The Balaban J connectivity index is 2.12. The van der Waals surface area contributed by atoms with E-state index in [1.807, 2.05) is 18.2 Å². The van der Waals surface area contributed by atoms with Gasteiger partial charge in [0.05, 0.1) is 0 Å². The molecule has 0 aromatic heterocycles. The van der Waals surface area contributed by atoms with Gasteiger partial charge >= 0.3 is 0 Å². The lowest BCUT2D eigenvalue weighted by Gasteiger charge is -2.22. The minimum atomic E-state index is 0.438. The SMILES string of the molecule is CC(C)C1(CNc2ccc(Br)cc2C(N)=S)CC1. The molecule has 0 saturated heterocycles. The van der Waals surface area contributed by atoms with Crippen molar-refractivity contribution in [2.75, 3.05) is 11.9 Å². The van der Waals surface area contributed by atoms with Gasteiger partial charge in [-0.2, -0.15) is 0 Å². The van der Waals surface area contributed by atoms with Crippen LogP contribution in [0.2, 0.25) is 0 Å². The van der Waals surface area contributed by atoms with E-state index in [0.29, 0.717) is 16.3 Å². The molecule has 18 heavy (non-hydrogen) atoms. The second-order valence-electron chi connectivity index (χ2n) is 5.42. The Morgan fingerprint density at radius 1 is 1.50 bits per heavy atom. The van der Waals surface area contributed by atoms with E-state index in [1.54, 1.807) is 0 Å². The molecule has 0 atom stereocenters. The monoisotopic (exact) mass is 326 g/mol. The molecule has 2 nitrogen and oxygen atoms in total. The van der Waals surface area contributed by atoms with Crippen molar-refractivity contribution >= 4 is 38.8 Å². The maximum Gasteiger partial charge on any atom is 0.106 e. The van der Waals surface area contributed by atoms with Gasteiger partial charge < -0.3 is 11.1 Å². The summed E-state index contributed by atoms with van der Waals surface area (Å²) >= 11 is 8.55. The first-order chi connectivity index (χ1) is 8.44. The van der Waals surface area contributed by atoms with Gasteiger partial charge in [0.15, 0.2) is 0 Å². The summed E-state index contributed by atoms with van der Waals surface area (Å²) in [6, 6.07) is 6.02. The molecule has 1 aliphatic rings. The van der Waals surface area contributed by atoms with E-state index >= 15 is 0 Å². The van der Waals surface area contributed by atoms with Gasteiger partial charge in [0, 0.05) is 22.3 Å². The Morgan fingerprint density at radius 2 is 2.17 bits per heavy atom.